The highest BCUT2D eigenvalue weighted by atomic mass is 32.2. The molecule has 100 valence electrons. The van der Waals surface area contributed by atoms with Gasteiger partial charge in [-0.05, 0) is 32.1 Å². The van der Waals surface area contributed by atoms with Gasteiger partial charge in [-0.25, -0.2) is 0 Å². The minimum Gasteiger partial charge on any atom is -0.491 e. The molecule has 0 bridgehead atoms. The Hall–Kier alpha value is -1.03. The quantitative estimate of drug-likeness (QED) is 0.850. The van der Waals surface area contributed by atoms with Gasteiger partial charge in [0.15, 0.2) is 0 Å². The lowest BCUT2D eigenvalue weighted by atomic mass is 10.2. The lowest BCUT2D eigenvalue weighted by Gasteiger charge is -2.27. The summed E-state index contributed by atoms with van der Waals surface area (Å²) in [5.41, 5.74) is 7.88. The number of ether oxygens (including phenoxy) is 1. The Morgan fingerprint density at radius 3 is 2.78 bits per heavy atom. The Labute approximate surface area is 114 Å². The topological polar surface area (TPSA) is 38.5 Å². The van der Waals surface area contributed by atoms with E-state index < -0.39 is 0 Å². The van der Waals surface area contributed by atoms with Gasteiger partial charge in [-0.15, -0.1) is 0 Å². The maximum absolute atomic E-state index is 5.96. The summed E-state index contributed by atoms with van der Waals surface area (Å²) in [4.78, 5) is 2.32. The molecule has 1 aromatic rings. The number of rotatable bonds is 4. The molecule has 18 heavy (non-hydrogen) atoms. The minimum atomic E-state index is 0.173. The van der Waals surface area contributed by atoms with Crippen molar-refractivity contribution < 1.29 is 4.74 Å². The van der Waals surface area contributed by atoms with Gasteiger partial charge < -0.3 is 15.4 Å². The van der Waals surface area contributed by atoms with Gasteiger partial charge in [-0.1, -0.05) is 0 Å². The molecule has 1 aliphatic heterocycles. The van der Waals surface area contributed by atoms with Crippen LogP contribution >= 0.6 is 11.8 Å². The number of anilines is 2. The molecule has 0 aliphatic carbocycles. The van der Waals surface area contributed by atoms with E-state index in [2.05, 4.69) is 18.0 Å². The molecule has 3 nitrogen and oxygen atoms in total. The lowest BCUT2D eigenvalue weighted by molar-refractivity contribution is 0.242. The molecule has 1 fully saturated rings. The number of thioether (sulfide) groups is 1. The molecule has 4 heteroatoms. The summed E-state index contributed by atoms with van der Waals surface area (Å²) in [6, 6.07) is 6.61. The van der Waals surface area contributed by atoms with Crippen molar-refractivity contribution >= 4 is 23.1 Å². The molecule has 1 aliphatic rings. The first-order valence-electron chi connectivity index (χ1n) is 6.44. The number of benzene rings is 1. The maximum Gasteiger partial charge on any atom is 0.123 e. The predicted octanol–water partition coefficient (Wildman–Crippen LogP) is 3.00. The summed E-state index contributed by atoms with van der Waals surface area (Å²) in [6.45, 7) is 4.06. The average molecular weight is 266 g/mol. The molecule has 1 heterocycles. The second-order valence-electron chi connectivity index (χ2n) is 5.06. The Balaban J connectivity index is 2.18. The molecular weight excluding hydrogens is 244 g/mol. The van der Waals surface area contributed by atoms with Crippen LogP contribution in [0.25, 0.3) is 0 Å². The molecule has 1 saturated heterocycles. The zero-order valence-electron chi connectivity index (χ0n) is 11.3. The van der Waals surface area contributed by atoms with Crippen molar-refractivity contribution in [1.82, 2.24) is 0 Å². The first-order chi connectivity index (χ1) is 8.56. The standard InChI is InChI=1S/C14H22N2OS/c1-10(2)17-14-7-11(15)6-13(8-14)16(3)12-4-5-18-9-12/h6-8,10,12H,4-5,9,15H2,1-3H3. The van der Waals surface area contributed by atoms with Crippen molar-refractivity contribution in [2.45, 2.75) is 32.4 Å². The molecule has 0 saturated carbocycles. The van der Waals surface area contributed by atoms with Crippen LogP contribution in [0.1, 0.15) is 20.3 Å². The van der Waals surface area contributed by atoms with E-state index >= 15 is 0 Å². The van der Waals surface area contributed by atoms with E-state index in [-0.39, 0.29) is 6.10 Å². The predicted molar refractivity (Wildman–Crippen MR) is 80.8 cm³/mol. The van der Waals surface area contributed by atoms with E-state index in [9.17, 15) is 0 Å². The van der Waals surface area contributed by atoms with Crippen LogP contribution in [-0.2, 0) is 0 Å². The van der Waals surface area contributed by atoms with Crippen molar-refractivity contribution in [3.05, 3.63) is 18.2 Å². The van der Waals surface area contributed by atoms with Crippen LogP contribution in [0.15, 0.2) is 18.2 Å². The van der Waals surface area contributed by atoms with Crippen LogP contribution in [0.4, 0.5) is 11.4 Å². The van der Waals surface area contributed by atoms with Crippen LogP contribution in [-0.4, -0.2) is 30.7 Å². The van der Waals surface area contributed by atoms with Crippen molar-refractivity contribution in [2.24, 2.45) is 0 Å². The first-order valence-corrected chi connectivity index (χ1v) is 7.59. The fraction of sp³-hybridized carbons (Fsp3) is 0.571. The van der Waals surface area contributed by atoms with Gasteiger partial charge in [0.25, 0.3) is 0 Å². The second kappa shape index (κ2) is 5.74. The monoisotopic (exact) mass is 266 g/mol. The zero-order valence-corrected chi connectivity index (χ0v) is 12.2. The first kappa shape index (κ1) is 13.4. The average Bonchev–Trinajstić information content (AvgIpc) is 2.79. The summed E-state index contributed by atoms with van der Waals surface area (Å²) >= 11 is 2.02. The normalized spacial score (nSPS) is 19.2. The maximum atomic E-state index is 5.96. The van der Waals surface area contributed by atoms with Crippen molar-refractivity contribution in [3.63, 3.8) is 0 Å². The summed E-state index contributed by atoms with van der Waals surface area (Å²) in [5.74, 6) is 3.32. The fourth-order valence-corrected chi connectivity index (χ4v) is 3.46. The Kier molecular flexibility index (Phi) is 4.27. The third kappa shape index (κ3) is 3.25. The summed E-state index contributed by atoms with van der Waals surface area (Å²) < 4.78 is 5.74. The van der Waals surface area contributed by atoms with E-state index in [1.54, 1.807) is 0 Å². The fourth-order valence-electron chi connectivity index (χ4n) is 2.19. The van der Waals surface area contributed by atoms with Crippen LogP contribution in [0, 0.1) is 0 Å². The number of nitrogens with two attached hydrogens (primary N) is 1. The molecule has 0 amide bonds. The number of nitrogens with zero attached hydrogens (tertiary/aromatic N) is 1. The van der Waals surface area contributed by atoms with Gasteiger partial charge in [0.1, 0.15) is 5.75 Å². The molecule has 1 aromatic carbocycles. The van der Waals surface area contributed by atoms with Gasteiger partial charge in [0, 0.05) is 42.3 Å². The van der Waals surface area contributed by atoms with Gasteiger partial charge in [0.05, 0.1) is 6.10 Å². The van der Waals surface area contributed by atoms with Gasteiger partial charge in [-0.2, -0.15) is 11.8 Å². The third-order valence-corrected chi connectivity index (χ3v) is 4.29. The molecule has 2 N–H and O–H groups in total. The highest BCUT2D eigenvalue weighted by molar-refractivity contribution is 7.99. The third-order valence-electron chi connectivity index (χ3n) is 3.15. The molecule has 0 spiro atoms. The van der Waals surface area contributed by atoms with Crippen LogP contribution in [0.5, 0.6) is 5.75 Å². The van der Waals surface area contributed by atoms with E-state index in [4.69, 9.17) is 10.5 Å². The summed E-state index contributed by atoms with van der Waals surface area (Å²) in [7, 11) is 2.14. The number of hydrogen-bond acceptors (Lipinski definition) is 4. The van der Waals surface area contributed by atoms with E-state index in [1.165, 1.54) is 17.9 Å². The van der Waals surface area contributed by atoms with Crippen molar-refractivity contribution in [1.29, 1.82) is 0 Å². The number of nitrogen functional groups attached to an aromatic ring is 1. The van der Waals surface area contributed by atoms with Gasteiger partial charge >= 0.3 is 0 Å². The SMILES string of the molecule is CC(C)Oc1cc(N)cc(N(C)C2CCSC2)c1. The highest BCUT2D eigenvalue weighted by Crippen LogP contribution is 2.30. The molecular formula is C14H22N2OS. The Bertz CT molecular complexity index is 403. The van der Waals surface area contributed by atoms with E-state index in [0.717, 1.165) is 17.1 Å². The smallest absolute Gasteiger partial charge is 0.123 e. The molecule has 1 atom stereocenters. The van der Waals surface area contributed by atoms with E-state index in [0.29, 0.717) is 6.04 Å². The van der Waals surface area contributed by atoms with Crippen LogP contribution < -0.4 is 15.4 Å². The minimum absolute atomic E-state index is 0.173. The molecule has 2 rings (SSSR count). The molecule has 0 aromatic heterocycles. The van der Waals surface area contributed by atoms with Crippen LogP contribution in [0.3, 0.4) is 0 Å². The van der Waals surface area contributed by atoms with Gasteiger partial charge in [0.2, 0.25) is 0 Å². The molecule has 1 unspecified atom stereocenters. The highest BCUT2D eigenvalue weighted by Gasteiger charge is 2.20. The van der Waals surface area contributed by atoms with Crippen molar-refractivity contribution in [3.8, 4) is 5.75 Å². The second-order valence-corrected chi connectivity index (χ2v) is 6.21. The van der Waals surface area contributed by atoms with Crippen molar-refractivity contribution in [2.75, 3.05) is 29.2 Å². The van der Waals surface area contributed by atoms with Crippen LogP contribution in [0.2, 0.25) is 0 Å². The van der Waals surface area contributed by atoms with E-state index in [1.807, 2.05) is 37.7 Å². The Morgan fingerprint density at radius 1 is 1.39 bits per heavy atom. The largest absolute Gasteiger partial charge is 0.491 e. The Morgan fingerprint density at radius 2 is 2.17 bits per heavy atom. The summed E-state index contributed by atoms with van der Waals surface area (Å²) in [5, 5.41) is 0. The number of hydrogen-bond donors (Lipinski definition) is 1. The lowest BCUT2D eigenvalue weighted by Crippen LogP contribution is -2.31. The summed E-state index contributed by atoms with van der Waals surface area (Å²) in [6.07, 6.45) is 1.42. The zero-order chi connectivity index (χ0) is 13.1. The molecule has 0 radical (unpaired) electrons. The van der Waals surface area contributed by atoms with Gasteiger partial charge in [-0.3, -0.25) is 0 Å².